The van der Waals surface area contributed by atoms with Gasteiger partial charge in [0.15, 0.2) is 5.96 Å². The van der Waals surface area contributed by atoms with E-state index in [1.54, 1.807) is 14.2 Å². The molecule has 0 saturated carbocycles. The molecular weight excluding hydrogens is 352 g/mol. The predicted octanol–water partition coefficient (Wildman–Crippen LogP) is 2.82. The maximum absolute atomic E-state index is 5.71. The van der Waals surface area contributed by atoms with Gasteiger partial charge in [-0.15, -0.1) is 0 Å². The summed E-state index contributed by atoms with van der Waals surface area (Å²) in [4.78, 5) is 6.59. The lowest BCUT2D eigenvalue weighted by atomic mass is 10.2. The molecule has 0 aliphatic carbocycles. The van der Waals surface area contributed by atoms with E-state index >= 15 is 0 Å². The molecule has 1 aliphatic rings. The van der Waals surface area contributed by atoms with Gasteiger partial charge in [0.25, 0.3) is 0 Å². The maximum Gasteiger partial charge on any atom is 0.191 e. The fourth-order valence-corrected chi connectivity index (χ4v) is 2.93. The molecule has 2 N–H and O–H groups in total. The maximum atomic E-state index is 5.71. The number of hydrogen-bond donors (Lipinski definition) is 2. The molecule has 3 rings (SSSR count). The lowest BCUT2D eigenvalue weighted by Crippen LogP contribution is -2.38. The summed E-state index contributed by atoms with van der Waals surface area (Å²) in [6, 6.07) is 16.2. The Balaban J connectivity index is 1.37. The van der Waals surface area contributed by atoms with Crippen LogP contribution in [0.1, 0.15) is 5.56 Å². The van der Waals surface area contributed by atoms with E-state index in [-0.39, 0.29) is 0 Å². The SMILES string of the molecule is CN=C(NCCOc1ccc(OC)cc1)NCc1ccc(N2CC=CC2)cc1. The fourth-order valence-electron chi connectivity index (χ4n) is 2.93. The van der Waals surface area contributed by atoms with Gasteiger partial charge in [0, 0.05) is 32.4 Å². The van der Waals surface area contributed by atoms with Gasteiger partial charge in [0.05, 0.1) is 13.7 Å². The van der Waals surface area contributed by atoms with Gasteiger partial charge in [0.1, 0.15) is 18.1 Å². The number of benzene rings is 2. The second kappa shape index (κ2) is 10.3. The molecule has 0 fully saturated rings. The van der Waals surface area contributed by atoms with Crippen molar-refractivity contribution in [3.8, 4) is 11.5 Å². The molecule has 1 aliphatic heterocycles. The minimum Gasteiger partial charge on any atom is -0.497 e. The molecule has 0 amide bonds. The first-order chi connectivity index (χ1) is 13.8. The largest absolute Gasteiger partial charge is 0.497 e. The number of aliphatic imine (C=N–C) groups is 1. The molecular formula is C22H28N4O2. The van der Waals surface area contributed by atoms with Crippen molar-refractivity contribution < 1.29 is 9.47 Å². The fraction of sp³-hybridized carbons (Fsp3) is 0.318. The van der Waals surface area contributed by atoms with E-state index in [1.807, 2.05) is 24.3 Å². The van der Waals surface area contributed by atoms with E-state index in [0.29, 0.717) is 13.2 Å². The van der Waals surface area contributed by atoms with Gasteiger partial charge >= 0.3 is 0 Å². The van der Waals surface area contributed by atoms with Gasteiger partial charge in [-0.25, -0.2) is 0 Å². The zero-order chi connectivity index (χ0) is 19.6. The smallest absolute Gasteiger partial charge is 0.191 e. The molecule has 2 aromatic carbocycles. The summed E-state index contributed by atoms with van der Waals surface area (Å²) in [7, 11) is 3.42. The molecule has 2 aromatic rings. The number of hydrogen-bond acceptors (Lipinski definition) is 4. The second-order valence-corrected chi connectivity index (χ2v) is 6.42. The third-order valence-corrected chi connectivity index (χ3v) is 4.53. The number of nitrogens with zero attached hydrogens (tertiary/aromatic N) is 2. The van der Waals surface area contributed by atoms with Crippen LogP contribution < -0.4 is 25.0 Å². The van der Waals surface area contributed by atoms with Crippen LogP contribution in [0, 0.1) is 0 Å². The molecule has 148 valence electrons. The van der Waals surface area contributed by atoms with Gasteiger partial charge in [0.2, 0.25) is 0 Å². The standard InChI is InChI=1S/C22H28N4O2/c1-23-22(24-13-16-28-21-11-9-20(27-2)10-12-21)25-17-18-5-7-19(8-6-18)26-14-3-4-15-26/h3-12H,13-17H2,1-2H3,(H2,23,24,25). The number of anilines is 1. The summed E-state index contributed by atoms with van der Waals surface area (Å²) < 4.78 is 10.9. The third-order valence-electron chi connectivity index (χ3n) is 4.53. The number of nitrogens with one attached hydrogen (secondary N) is 2. The van der Waals surface area contributed by atoms with Crippen LogP contribution in [0.2, 0.25) is 0 Å². The minimum absolute atomic E-state index is 0.547. The molecule has 0 spiro atoms. The summed E-state index contributed by atoms with van der Waals surface area (Å²) in [6.07, 6.45) is 4.40. The molecule has 0 atom stereocenters. The van der Waals surface area contributed by atoms with Crippen LogP contribution >= 0.6 is 0 Å². The monoisotopic (exact) mass is 380 g/mol. The highest BCUT2D eigenvalue weighted by atomic mass is 16.5. The minimum atomic E-state index is 0.547. The second-order valence-electron chi connectivity index (χ2n) is 6.42. The first kappa shape index (κ1) is 19.6. The van der Waals surface area contributed by atoms with Crippen molar-refractivity contribution in [1.82, 2.24) is 10.6 Å². The highest BCUT2D eigenvalue weighted by Gasteiger charge is 2.07. The average Bonchev–Trinajstić information content (AvgIpc) is 3.29. The predicted molar refractivity (Wildman–Crippen MR) is 114 cm³/mol. The van der Waals surface area contributed by atoms with E-state index in [2.05, 4.69) is 56.9 Å². The van der Waals surface area contributed by atoms with Crippen molar-refractivity contribution in [1.29, 1.82) is 0 Å². The average molecular weight is 380 g/mol. The summed E-state index contributed by atoms with van der Waals surface area (Å²) in [5.74, 6) is 2.39. The number of methoxy groups -OCH3 is 1. The van der Waals surface area contributed by atoms with Crippen molar-refractivity contribution in [2.24, 2.45) is 4.99 Å². The Hall–Kier alpha value is -3.15. The molecule has 0 radical (unpaired) electrons. The number of ether oxygens (including phenoxy) is 2. The number of rotatable bonds is 8. The summed E-state index contributed by atoms with van der Waals surface area (Å²) in [5, 5.41) is 6.59. The van der Waals surface area contributed by atoms with Crippen LogP contribution in [0.15, 0.2) is 65.7 Å². The zero-order valence-corrected chi connectivity index (χ0v) is 16.5. The van der Waals surface area contributed by atoms with E-state index in [0.717, 1.165) is 37.1 Å². The molecule has 1 heterocycles. The van der Waals surface area contributed by atoms with E-state index in [9.17, 15) is 0 Å². The Labute approximate surface area is 166 Å². The molecule has 6 heteroatoms. The van der Waals surface area contributed by atoms with Gasteiger partial charge in [-0.1, -0.05) is 24.3 Å². The molecule has 6 nitrogen and oxygen atoms in total. The molecule has 0 saturated heterocycles. The van der Waals surface area contributed by atoms with Gasteiger partial charge < -0.3 is 25.0 Å². The highest BCUT2D eigenvalue weighted by Crippen LogP contribution is 2.18. The van der Waals surface area contributed by atoms with Gasteiger partial charge in [-0.2, -0.15) is 0 Å². The van der Waals surface area contributed by atoms with Crippen molar-refractivity contribution >= 4 is 11.6 Å². The van der Waals surface area contributed by atoms with Crippen molar-refractivity contribution in [2.75, 3.05) is 45.3 Å². The first-order valence-corrected chi connectivity index (χ1v) is 9.49. The van der Waals surface area contributed by atoms with Crippen molar-refractivity contribution in [2.45, 2.75) is 6.54 Å². The number of guanidine groups is 1. The van der Waals surface area contributed by atoms with Crippen LogP contribution in [-0.2, 0) is 6.54 Å². The van der Waals surface area contributed by atoms with Gasteiger partial charge in [-0.3, -0.25) is 4.99 Å². The first-order valence-electron chi connectivity index (χ1n) is 9.49. The quantitative estimate of drug-likeness (QED) is 0.319. The third kappa shape index (κ3) is 5.67. The van der Waals surface area contributed by atoms with Crippen LogP contribution in [0.5, 0.6) is 11.5 Å². The van der Waals surface area contributed by atoms with Crippen LogP contribution in [-0.4, -0.2) is 46.4 Å². The Morgan fingerprint density at radius 2 is 1.64 bits per heavy atom. The van der Waals surface area contributed by atoms with E-state index in [1.165, 1.54) is 11.3 Å². The van der Waals surface area contributed by atoms with Crippen LogP contribution in [0.3, 0.4) is 0 Å². The Morgan fingerprint density at radius 3 is 2.29 bits per heavy atom. The summed E-state index contributed by atoms with van der Waals surface area (Å²) >= 11 is 0. The van der Waals surface area contributed by atoms with Gasteiger partial charge in [-0.05, 0) is 42.0 Å². The lowest BCUT2D eigenvalue weighted by Gasteiger charge is -2.18. The zero-order valence-electron chi connectivity index (χ0n) is 16.5. The molecule has 0 unspecified atom stereocenters. The Morgan fingerprint density at radius 1 is 0.964 bits per heavy atom. The van der Waals surface area contributed by atoms with Crippen LogP contribution in [0.4, 0.5) is 5.69 Å². The van der Waals surface area contributed by atoms with E-state index < -0.39 is 0 Å². The lowest BCUT2D eigenvalue weighted by molar-refractivity contribution is 0.321. The molecule has 0 bridgehead atoms. The van der Waals surface area contributed by atoms with Crippen molar-refractivity contribution in [3.63, 3.8) is 0 Å². The summed E-state index contributed by atoms with van der Waals surface area (Å²) in [6.45, 7) is 3.91. The summed E-state index contributed by atoms with van der Waals surface area (Å²) in [5.41, 5.74) is 2.47. The van der Waals surface area contributed by atoms with Crippen LogP contribution in [0.25, 0.3) is 0 Å². The molecule has 0 aromatic heterocycles. The Bertz CT molecular complexity index is 777. The normalized spacial score (nSPS) is 13.5. The highest BCUT2D eigenvalue weighted by molar-refractivity contribution is 5.79. The van der Waals surface area contributed by atoms with E-state index in [4.69, 9.17) is 9.47 Å². The topological polar surface area (TPSA) is 58.1 Å². The van der Waals surface area contributed by atoms with Crippen molar-refractivity contribution in [3.05, 3.63) is 66.2 Å². The molecule has 28 heavy (non-hydrogen) atoms. The Kier molecular flexibility index (Phi) is 7.18.